The van der Waals surface area contributed by atoms with Crippen LogP contribution in [0.15, 0.2) is 5.22 Å². The Morgan fingerprint density at radius 1 is 1.45 bits per heavy atom. The van der Waals surface area contributed by atoms with E-state index in [-0.39, 0.29) is 0 Å². The van der Waals surface area contributed by atoms with E-state index in [2.05, 4.69) is 22.5 Å². The van der Waals surface area contributed by atoms with Crippen LogP contribution in [0.25, 0.3) is 10.4 Å². The van der Waals surface area contributed by atoms with Crippen molar-refractivity contribution in [1.29, 1.82) is 0 Å². The fourth-order valence-corrected chi connectivity index (χ4v) is 1.61. The lowest BCUT2D eigenvalue weighted by Crippen LogP contribution is -2.33. The van der Waals surface area contributed by atoms with E-state index in [1.165, 1.54) is 19.3 Å². The lowest BCUT2D eigenvalue weighted by atomic mass is 9.86. The van der Waals surface area contributed by atoms with Crippen LogP contribution >= 0.6 is 0 Å². The van der Waals surface area contributed by atoms with Crippen molar-refractivity contribution in [3.8, 4) is 0 Å². The molecule has 1 saturated carbocycles. The van der Waals surface area contributed by atoms with Crippen molar-refractivity contribution in [3.05, 3.63) is 10.4 Å². The van der Waals surface area contributed by atoms with Gasteiger partial charge in [-0.3, -0.25) is 5.43 Å². The molecule has 1 rings (SSSR count). The first-order chi connectivity index (χ1) is 5.34. The van der Waals surface area contributed by atoms with Gasteiger partial charge in [0.25, 0.3) is 0 Å². The van der Waals surface area contributed by atoms with Crippen LogP contribution in [0.3, 0.4) is 0 Å². The van der Waals surface area contributed by atoms with Crippen molar-refractivity contribution < 1.29 is 0 Å². The zero-order valence-corrected chi connectivity index (χ0v) is 6.82. The molecule has 1 aliphatic carbocycles. The molecule has 4 heteroatoms. The Morgan fingerprint density at radius 2 is 2.18 bits per heavy atom. The predicted octanol–water partition coefficient (Wildman–Crippen LogP) is 2.38. The van der Waals surface area contributed by atoms with E-state index >= 15 is 0 Å². The molecule has 0 amide bonds. The van der Waals surface area contributed by atoms with Crippen molar-refractivity contribution in [2.24, 2.45) is 11.1 Å². The first-order valence-corrected chi connectivity index (χ1v) is 4.14. The third kappa shape index (κ3) is 2.31. The maximum Gasteiger partial charge on any atom is 0.0990 e. The molecule has 0 spiro atoms. The van der Waals surface area contributed by atoms with Gasteiger partial charge in [0.1, 0.15) is 0 Å². The van der Waals surface area contributed by atoms with Gasteiger partial charge in [-0.05, 0) is 30.4 Å². The summed E-state index contributed by atoms with van der Waals surface area (Å²) in [4.78, 5) is 2.68. The maximum absolute atomic E-state index is 8.08. The summed E-state index contributed by atoms with van der Waals surface area (Å²) >= 11 is 0. The Morgan fingerprint density at radius 3 is 2.82 bits per heavy atom. The number of hydrogen-bond donors (Lipinski definition) is 1. The van der Waals surface area contributed by atoms with E-state index in [0.717, 1.165) is 6.42 Å². The minimum Gasteiger partial charge on any atom is -0.258 e. The van der Waals surface area contributed by atoms with E-state index in [4.69, 9.17) is 5.53 Å². The molecule has 0 aromatic heterocycles. The number of rotatable bonds is 2. The maximum atomic E-state index is 8.08. The van der Waals surface area contributed by atoms with Crippen LogP contribution in [0.4, 0.5) is 0 Å². The van der Waals surface area contributed by atoms with Gasteiger partial charge in [-0.1, -0.05) is 13.3 Å². The molecular formula is C7H14N4. The Bertz CT molecular complexity index is 162. The van der Waals surface area contributed by atoms with Crippen LogP contribution in [0.1, 0.15) is 32.6 Å². The standard InChI is InChI=1S/C7H14N4/c1-6-4-2-3-5-7(6)9-11-10-8/h6-7,9H,2-5H2,1H3. The number of hydrogen-bond acceptors (Lipinski definition) is 1. The molecule has 62 valence electrons. The molecule has 2 unspecified atom stereocenters. The second-order valence-electron chi connectivity index (χ2n) is 3.19. The van der Waals surface area contributed by atoms with Crippen molar-refractivity contribution in [2.75, 3.05) is 0 Å². The molecule has 0 bridgehead atoms. The summed E-state index contributed by atoms with van der Waals surface area (Å²) in [5.41, 5.74) is 10.9. The second-order valence-corrected chi connectivity index (χ2v) is 3.19. The van der Waals surface area contributed by atoms with Gasteiger partial charge in [0.2, 0.25) is 0 Å². The number of nitrogens with zero attached hydrogens (tertiary/aromatic N) is 3. The Labute approximate surface area is 66.6 Å². The van der Waals surface area contributed by atoms with Crippen LogP contribution in [-0.4, -0.2) is 6.04 Å². The van der Waals surface area contributed by atoms with Gasteiger partial charge in [-0.15, -0.1) is 5.53 Å². The fraction of sp³-hybridized carbons (Fsp3) is 1.00. The van der Waals surface area contributed by atoms with Crippen molar-refractivity contribution in [1.82, 2.24) is 5.43 Å². The minimum atomic E-state index is 0.402. The summed E-state index contributed by atoms with van der Waals surface area (Å²) < 4.78 is 0. The number of azide groups is 1. The lowest BCUT2D eigenvalue weighted by molar-refractivity contribution is 0.283. The highest BCUT2D eigenvalue weighted by Crippen LogP contribution is 2.23. The Balaban J connectivity index is 2.35. The molecule has 0 aliphatic heterocycles. The van der Waals surface area contributed by atoms with E-state index in [9.17, 15) is 0 Å². The zero-order chi connectivity index (χ0) is 8.10. The quantitative estimate of drug-likeness (QED) is 0.282. The molecule has 0 heterocycles. The zero-order valence-electron chi connectivity index (χ0n) is 6.82. The van der Waals surface area contributed by atoms with E-state index in [1.807, 2.05) is 0 Å². The second kappa shape index (κ2) is 4.09. The average molecular weight is 154 g/mol. The summed E-state index contributed by atoms with van der Waals surface area (Å²) in [5, 5.41) is 3.38. The highest BCUT2D eigenvalue weighted by atomic mass is 15.4. The molecule has 0 saturated heterocycles. The SMILES string of the molecule is CC1CCCCC1NN=[N+]=[N-]. The van der Waals surface area contributed by atoms with Crippen LogP contribution in [0, 0.1) is 5.92 Å². The Kier molecular flexibility index (Phi) is 3.05. The van der Waals surface area contributed by atoms with Crippen molar-refractivity contribution in [3.63, 3.8) is 0 Å². The van der Waals surface area contributed by atoms with Gasteiger partial charge in [-0.2, -0.15) is 4.91 Å². The van der Waals surface area contributed by atoms with Gasteiger partial charge >= 0.3 is 0 Å². The molecule has 1 N–H and O–H groups in total. The van der Waals surface area contributed by atoms with E-state index < -0.39 is 0 Å². The molecule has 0 aromatic carbocycles. The first-order valence-electron chi connectivity index (χ1n) is 4.14. The smallest absolute Gasteiger partial charge is 0.0990 e. The summed E-state index contributed by atoms with van der Waals surface area (Å²) in [5.74, 6) is 0.647. The topological polar surface area (TPSA) is 60.8 Å². The summed E-state index contributed by atoms with van der Waals surface area (Å²) in [7, 11) is 0. The molecule has 1 aliphatic rings. The van der Waals surface area contributed by atoms with Gasteiger partial charge < -0.3 is 0 Å². The molecular weight excluding hydrogens is 140 g/mol. The molecule has 11 heavy (non-hydrogen) atoms. The van der Waals surface area contributed by atoms with Crippen LogP contribution < -0.4 is 5.43 Å². The molecule has 1 fully saturated rings. The normalized spacial score (nSPS) is 30.6. The third-order valence-corrected chi connectivity index (χ3v) is 2.38. The third-order valence-electron chi connectivity index (χ3n) is 2.38. The highest BCUT2D eigenvalue weighted by Gasteiger charge is 2.22. The summed E-state index contributed by atoms with van der Waals surface area (Å²) in [6.07, 6.45) is 4.96. The molecule has 0 aromatic rings. The van der Waals surface area contributed by atoms with Crippen LogP contribution in [0.2, 0.25) is 0 Å². The fourth-order valence-electron chi connectivity index (χ4n) is 1.61. The number of nitrogens with one attached hydrogen (secondary N) is 1. The van der Waals surface area contributed by atoms with Gasteiger partial charge in [0.15, 0.2) is 0 Å². The average Bonchev–Trinajstić information content (AvgIpc) is 2.03. The molecule has 4 nitrogen and oxygen atoms in total. The van der Waals surface area contributed by atoms with E-state index in [0.29, 0.717) is 12.0 Å². The highest BCUT2D eigenvalue weighted by molar-refractivity contribution is 4.76. The molecule has 2 atom stereocenters. The monoisotopic (exact) mass is 154 g/mol. The van der Waals surface area contributed by atoms with Crippen molar-refractivity contribution in [2.45, 2.75) is 38.6 Å². The van der Waals surface area contributed by atoms with Gasteiger partial charge in [-0.25, -0.2) is 0 Å². The van der Waals surface area contributed by atoms with Crippen molar-refractivity contribution >= 4 is 0 Å². The Hall–Kier alpha value is -0.890. The largest absolute Gasteiger partial charge is 0.258 e. The van der Waals surface area contributed by atoms with E-state index in [1.54, 1.807) is 0 Å². The lowest BCUT2D eigenvalue weighted by Gasteiger charge is -2.24. The van der Waals surface area contributed by atoms with Gasteiger partial charge in [0, 0.05) is 0 Å². The first kappa shape index (κ1) is 8.21. The molecule has 0 radical (unpaired) electrons. The summed E-state index contributed by atoms with van der Waals surface area (Å²) in [6, 6.07) is 0.402. The minimum absolute atomic E-state index is 0.402. The van der Waals surface area contributed by atoms with Crippen LogP contribution in [0.5, 0.6) is 0 Å². The predicted molar refractivity (Wildman–Crippen MR) is 43.7 cm³/mol. The summed E-state index contributed by atoms with van der Waals surface area (Å²) in [6.45, 7) is 2.20. The van der Waals surface area contributed by atoms with Gasteiger partial charge in [0.05, 0.1) is 6.04 Å². The van der Waals surface area contributed by atoms with Crippen LogP contribution in [-0.2, 0) is 0 Å².